The fraction of sp³-hybridized carbons (Fsp3) is 0.150. The number of nitrogens with zero attached hydrogens (tertiary/aromatic N) is 3. The largest absolute Gasteiger partial charge is 0.497 e. The van der Waals surface area contributed by atoms with E-state index in [1.165, 1.54) is 6.08 Å². The van der Waals surface area contributed by atoms with Crippen LogP contribution in [-0.2, 0) is 11.3 Å². The summed E-state index contributed by atoms with van der Waals surface area (Å²) in [5.41, 5.74) is 1.84. The van der Waals surface area contributed by atoms with E-state index in [4.69, 9.17) is 9.47 Å². The number of methoxy groups -OCH3 is 2. The molecule has 28 heavy (non-hydrogen) atoms. The molecule has 0 spiro atoms. The van der Waals surface area contributed by atoms with E-state index in [0.717, 1.165) is 15.6 Å². The number of anilines is 1. The maximum atomic E-state index is 12.2. The van der Waals surface area contributed by atoms with Crippen molar-refractivity contribution in [2.45, 2.75) is 6.54 Å². The number of benzene rings is 2. The Labute approximate surface area is 171 Å². The Kier molecular flexibility index (Phi) is 6.44. The highest BCUT2D eigenvalue weighted by Gasteiger charge is 2.06. The van der Waals surface area contributed by atoms with Gasteiger partial charge in [-0.15, -0.1) is 5.10 Å². The molecule has 0 radical (unpaired) electrons. The molecule has 0 atom stereocenters. The molecule has 1 heterocycles. The Bertz CT molecular complexity index is 983. The van der Waals surface area contributed by atoms with E-state index in [0.29, 0.717) is 18.0 Å². The highest BCUT2D eigenvalue weighted by atomic mass is 79.9. The fourth-order valence-electron chi connectivity index (χ4n) is 2.48. The van der Waals surface area contributed by atoms with E-state index < -0.39 is 0 Å². The first kappa shape index (κ1) is 19.6. The first-order valence-electron chi connectivity index (χ1n) is 8.42. The smallest absolute Gasteiger partial charge is 0.250 e. The first-order chi connectivity index (χ1) is 13.6. The van der Waals surface area contributed by atoms with Crippen LogP contribution in [0.4, 0.5) is 5.95 Å². The molecule has 3 aromatic rings. The van der Waals surface area contributed by atoms with Crippen LogP contribution in [-0.4, -0.2) is 34.9 Å². The lowest BCUT2D eigenvalue weighted by atomic mass is 10.1. The Morgan fingerprint density at radius 2 is 1.96 bits per heavy atom. The van der Waals surface area contributed by atoms with E-state index in [9.17, 15) is 4.79 Å². The lowest BCUT2D eigenvalue weighted by molar-refractivity contribution is -0.111. The Morgan fingerprint density at radius 1 is 1.18 bits per heavy atom. The number of hydrogen-bond acceptors (Lipinski definition) is 5. The third-order valence-electron chi connectivity index (χ3n) is 3.88. The van der Waals surface area contributed by atoms with Crippen LogP contribution in [0.3, 0.4) is 0 Å². The summed E-state index contributed by atoms with van der Waals surface area (Å²) in [6.45, 7) is 0.565. The molecule has 0 saturated heterocycles. The van der Waals surface area contributed by atoms with Gasteiger partial charge in [0, 0.05) is 22.2 Å². The van der Waals surface area contributed by atoms with Gasteiger partial charge in [0.15, 0.2) is 0 Å². The molecule has 0 fully saturated rings. The van der Waals surface area contributed by atoms with Crippen LogP contribution < -0.4 is 14.8 Å². The number of amides is 1. The van der Waals surface area contributed by atoms with Gasteiger partial charge in [0.1, 0.15) is 17.8 Å². The predicted molar refractivity (Wildman–Crippen MR) is 110 cm³/mol. The molecule has 0 unspecified atom stereocenters. The van der Waals surface area contributed by atoms with E-state index in [1.807, 2.05) is 30.3 Å². The summed E-state index contributed by atoms with van der Waals surface area (Å²) in [4.78, 5) is 16.3. The predicted octanol–water partition coefficient (Wildman–Crippen LogP) is 3.76. The van der Waals surface area contributed by atoms with Crippen LogP contribution in [0.25, 0.3) is 6.08 Å². The summed E-state index contributed by atoms with van der Waals surface area (Å²) < 4.78 is 13.2. The number of ether oxygens (including phenoxy) is 2. The SMILES string of the molecule is COc1ccc(/C=C/C(=O)Nc2ncn(Cc3ccc(Br)cc3)n2)c(OC)c1. The number of carbonyl (C=O) groups excluding carboxylic acids is 1. The summed E-state index contributed by atoms with van der Waals surface area (Å²) in [7, 11) is 3.15. The summed E-state index contributed by atoms with van der Waals surface area (Å²) in [6.07, 6.45) is 4.64. The third kappa shape index (κ3) is 5.20. The van der Waals surface area contributed by atoms with Gasteiger partial charge >= 0.3 is 0 Å². The maximum absolute atomic E-state index is 12.2. The zero-order valence-corrected chi connectivity index (χ0v) is 17.0. The van der Waals surface area contributed by atoms with Gasteiger partial charge in [0.05, 0.1) is 20.8 Å². The molecule has 144 valence electrons. The van der Waals surface area contributed by atoms with E-state index in [-0.39, 0.29) is 11.9 Å². The number of rotatable bonds is 7. The van der Waals surface area contributed by atoms with Gasteiger partial charge in [-0.1, -0.05) is 28.1 Å². The number of aromatic nitrogens is 3. The number of halogens is 1. The lowest BCUT2D eigenvalue weighted by Gasteiger charge is -2.07. The minimum absolute atomic E-state index is 0.244. The monoisotopic (exact) mass is 442 g/mol. The Hall–Kier alpha value is -3.13. The molecular weight excluding hydrogens is 424 g/mol. The maximum Gasteiger partial charge on any atom is 0.250 e. The Morgan fingerprint density at radius 3 is 2.68 bits per heavy atom. The molecule has 1 N–H and O–H groups in total. The lowest BCUT2D eigenvalue weighted by Crippen LogP contribution is -2.10. The fourth-order valence-corrected chi connectivity index (χ4v) is 2.74. The van der Waals surface area contributed by atoms with Crippen molar-refractivity contribution in [3.05, 3.63) is 70.5 Å². The van der Waals surface area contributed by atoms with Crippen LogP contribution in [0.5, 0.6) is 11.5 Å². The molecule has 7 nitrogen and oxygen atoms in total. The van der Waals surface area contributed by atoms with E-state index >= 15 is 0 Å². The average molecular weight is 443 g/mol. The molecule has 1 aromatic heterocycles. The van der Waals surface area contributed by atoms with Crippen molar-refractivity contribution in [1.29, 1.82) is 0 Å². The van der Waals surface area contributed by atoms with Crippen LogP contribution >= 0.6 is 15.9 Å². The number of carbonyl (C=O) groups is 1. The topological polar surface area (TPSA) is 78.3 Å². The second-order valence-electron chi connectivity index (χ2n) is 5.82. The standard InChI is InChI=1S/C20H19BrN4O3/c1-27-17-9-5-15(18(11-17)28-2)6-10-19(26)23-20-22-13-25(24-20)12-14-3-7-16(21)8-4-14/h3-11,13H,12H2,1-2H3,(H,23,24,26)/b10-6+. The van der Waals surface area contributed by atoms with Crippen molar-refractivity contribution < 1.29 is 14.3 Å². The highest BCUT2D eigenvalue weighted by Crippen LogP contribution is 2.25. The zero-order chi connectivity index (χ0) is 19.9. The summed E-state index contributed by atoms with van der Waals surface area (Å²) >= 11 is 3.41. The van der Waals surface area contributed by atoms with Crippen LogP contribution in [0.1, 0.15) is 11.1 Å². The molecule has 8 heteroatoms. The first-order valence-corrected chi connectivity index (χ1v) is 9.21. The second-order valence-corrected chi connectivity index (χ2v) is 6.74. The molecule has 0 bridgehead atoms. The van der Waals surface area contributed by atoms with Crippen molar-refractivity contribution in [2.75, 3.05) is 19.5 Å². The van der Waals surface area contributed by atoms with Gasteiger partial charge in [-0.2, -0.15) is 0 Å². The van der Waals surface area contributed by atoms with E-state index in [1.54, 1.807) is 43.4 Å². The van der Waals surface area contributed by atoms with Gasteiger partial charge in [-0.3, -0.25) is 10.1 Å². The summed E-state index contributed by atoms with van der Waals surface area (Å²) in [6, 6.07) is 13.3. The number of nitrogens with one attached hydrogen (secondary N) is 1. The van der Waals surface area contributed by atoms with Gasteiger partial charge < -0.3 is 9.47 Å². The summed E-state index contributed by atoms with van der Waals surface area (Å²) in [5, 5.41) is 6.91. The molecule has 0 aliphatic carbocycles. The number of hydrogen-bond donors (Lipinski definition) is 1. The Balaban J connectivity index is 1.61. The minimum Gasteiger partial charge on any atom is -0.497 e. The zero-order valence-electron chi connectivity index (χ0n) is 15.4. The molecule has 0 aliphatic heterocycles. The molecule has 0 aliphatic rings. The highest BCUT2D eigenvalue weighted by molar-refractivity contribution is 9.10. The normalized spacial score (nSPS) is 10.8. The quantitative estimate of drug-likeness (QED) is 0.563. The van der Waals surface area contributed by atoms with Crippen molar-refractivity contribution in [1.82, 2.24) is 14.8 Å². The minimum atomic E-state index is -0.334. The van der Waals surface area contributed by atoms with Crippen molar-refractivity contribution >= 4 is 33.9 Å². The third-order valence-corrected chi connectivity index (χ3v) is 4.41. The molecular formula is C20H19BrN4O3. The van der Waals surface area contributed by atoms with Crippen molar-refractivity contribution in [3.8, 4) is 11.5 Å². The van der Waals surface area contributed by atoms with Gasteiger partial charge in [-0.25, -0.2) is 9.67 Å². The van der Waals surface area contributed by atoms with Gasteiger partial charge in [-0.05, 0) is 35.9 Å². The summed E-state index contributed by atoms with van der Waals surface area (Å²) in [5.74, 6) is 1.20. The van der Waals surface area contributed by atoms with Crippen LogP contribution in [0, 0.1) is 0 Å². The van der Waals surface area contributed by atoms with Gasteiger partial charge in [0.2, 0.25) is 5.95 Å². The molecule has 2 aromatic carbocycles. The van der Waals surface area contributed by atoms with E-state index in [2.05, 4.69) is 31.3 Å². The molecule has 3 rings (SSSR count). The van der Waals surface area contributed by atoms with Crippen LogP contribution in [0.15, 0.2) is 59.3 Å². The molecule has 1 amide bonds. The van der Waals surface area contributed by atoms with Crippen molar-refractivity contribution in [2.24, 2.45) is 0 Å². The average Bonchev–Trinajstić information content (AvgIpc) is 3.14. The van der Waals surface area contributed by atoms with Crippen molar-refractivity contribution in [3.63, 3.8) is 0 Å². The second kappa shape index (κ2) is 9.18. The van der Waals surface area contributed by atoms with Crippen LogP contribution in [0.2, 0.25) is 0 Å². The van der Waals surface area contributed by atoms with Gasteiger partial charge in [0.25, 0.3) is 5.91 Å². The molecule has 0 saturated carbocycles.